The van der Waals surface area contributed by atoms with Gasteiger partial charge in [-0.25, -0.2) is 4.68 Å². The van der Waals surface area contributed by atoms with Crippen LogP contribution in [0.25, 0.3) is 0 Å². The molecule has 1 rings (SSSR count). The molecule has 2 N–H and O–H groups in total. The lowest BCUT2D eigenvalue weighted by Gasteiger charge is -2.10. The Labute approximate surface area is 114 Å². The number of rotatable bonds is 10. The van der Waals surface area contributed by atoms with Crippen molar-refractivity contribution in [2.24, 2.45) is 0 Å². The van der Waals surface area contributed by atoms with E-state index in [1.165, 1.54) is 0 Å². The highest BCUT2D eigenvalue weighted by Gasteiger charge is 2.13. The van der Waals surface area contributed by atoms with Gasteiger partial charge in [0.05, 0.1) is 45.3 Å². The second-order valence-electron chi connectivity index (χ2n) is 4.46. The van der Waals surface area contributed by atoms with Gasteiger partial charge in [-0.3, -0.25) is 0 Å². The van der Waals surface area contributed by atoms with Crippen molar-refractivity contribution in [3.05, 3.63) is 5.69 Å². The highest BCUT2D eigenvalue weighted by molar-refractivity contribution is 5.34. The molecule has 0 bridgehead atoms. The molecule has 0 radical (unpaired) electrons. The van der Waals surface area contributed by atoms with Crippen LogP contribution in [0, 0.1) is 0 Å². The van der Waals surface area contributed by atoms with Crippen LogP contribution in [-0.2, 0) is 20.8 Å². The first-order valence-corrected chi connectivity index (χ1v) is 6.50. The first-order chi connectivity index (χ1) is 9.16. The predicted octanol–water partition coefficient (Wildman–Crippen LogP) is 0.663. The van der Waals surface area contributed by atoms with Gasteiger partial charge in [0.1, 0.15) is 0 Å². The zero-order chi connectivity index (χ0) is 14.1. The molecule has 0 fully saturated rings. The fraction of sp³-hybridized carbons (Fsp3) is 0.833. The average molecular weight is 272 g/mol. The average Bonchev–Trinajstić information content (AvgIpc) is 2.74. The van der Waals surface area contributed by atoms with E-state index >= 15 is 0 Å². The lowest BCUT2D eigenvalue weighted by atomic mass is 10.1. The summed E-state index contributed by atoms with van der Waals surface area (Å²) < 4.78 is 17.4. The summed E-state index contributed by atoms with van der Waals surface area (Å²) in [5.74, 6) is 0.797. The molecule has 0 aliphatic carbocycles. The maximum absolute atomic E-state index is 5.77. The van der Waals surface area contributed by atoms with E-state index in [4.69, 9.17) is 19.9 Å². The molecular formula is C12H24N4O3. The number of aromatic nitrogens is 3. The van der Waals surface area contributed by atoms with Crippen LogP contribution < -0.4 is 5.73 Å². The van der Waals surface area contributed by atoms with E-state index in [0.717, 1.165) is 5.69 Å². The van der Waals surface area contributed by atoms with Crippen molar-refractivity contribution in [2.45, 2.75) is 26.3 Å². The second-order valence-corrected chi connectivity index (χ2v) is 4.46. The van der Waals surface area contributed by atoms with Crippen molar-refractivity contribution in [1.82, 2.24) is 15.0 Å². The van der Waals surface area contributed by atoms with E-state index in [2.05, 4.69) is 24.2 Å². The van der Waals surface area contributed by atoms with Gasteiger partial charge in [0.2, 0.25) is 0 Å². The van der Waals surface area contributed by atoms with Gasteiger partial charge in [-0.1, -0.05) is 19.1 Å². The third-order valence-corrected chi connectivity index (χ3v) is 2.60. The van der Waals surface area contributed by atoms with Gasteiger partial charge in [0, 0.05) is 7.11 Å². The number of nitrogens with two attached hydrogens (primary N) is 1. The summed E-state index contributed by atoms with van der Waals surface area (Å²) in [6, 6.07) is 0. The minimum atomic E-state index is 0.298. The second kappa shape index (κ2) is 8.84. The zero-order valence-corrected chi connectivity index (χ0v) is 12.0. The number of nitrogen functional groups attached to an aromatic ring is 1. The highest BCUT2D eigenvalue weighted by Crippen LogP contribution is 2.18. The topological polar surface area (TPSA) is 84.4 Å². The molecule has 1 aromatic rings. The first kappa shape index (κ1) is 15.9. The Morgan fingerprint density at radius 1 is 1.11 bits per heavy atom. The highest BCUT2D eigenvalue weighted by atomic mass is 16.5. The zero-order valence-electron chi connectivity index (χ0n) is 12.0. The van der Waals surface area contributed by atoms with Crippen LogP contribution in [-0.4, -0.2) is 55.1 Å². The van der Waals surface area contributed by atoms with E-state index in [0.29, 0.717) is 51.3 Å². The standard InChI is InChI=1S/C12H24N4O3/c1-10(2)11-12(13)14-15-16(11)4-5-18-8-9-19-7-6-17-3/h10H,4-9,13H2,1-3H3. The number of nitrogens with zero attached hydrogens (tertiary/aromatic N) is 3. The maximum Gasteiger partial charge on any atom is 0.169 e. The van der Waals surface area contributed by atoms with Crippen LogP contribution >= 0.6 is 0 Å². The molecular weight excluding hydrogens is 248 g/mol. The van der Waals surface area contributed by atoms with Crippen molar-refractivity contribution in [1.29, 1.82) is 0 Å². The van der Waals surface area contributed by atoms with E-state index in [1.807, 2.05) is 0 Å². The largest absolute Gasteiger partial charge is 0.382 e. The predicted molar refractivity (Wildman–Crippen MR) is 72.0 cm³/mol. The Kier molecular flexibility index (Phi) is 7.39. The smallest absolute Gasteiger partial charge is 0.169 e. The summed E-state index contributed by atoms with van der Waals surface area (Å²) in [4.78, 5) is 0. The number of hydrogen-bond acceptors (Lipinski definition) is 6. The van der Waals surface area contributed by atoms with Gasteiger partial charge in [0.25, 0.3) is 0 Å². The molecule has 0 spiro atoms. The quantitative estimate of drug-likeness (QED) is 0.630. The summed E-state index contributed by atoms with van der Waals surface area (Å²) in [6.45, 7) is 7.68. The van der Waals surface area contributed by atoms with Crippen LogP contribution in [0.2, 0.25) is 0 Å². The molecule has 0 saturated carbocycles. The summed E-state index contributed by atoms with van der Waals surface area (Å²) in [7, 11) is 1.65. The molecule has 0 amide bonds. The lowest BCUT2D eigenvalue weighted by molar-refractivity contribution is 0.0223. The molecule has 7 heteroatoms. The normalized spacial score (nSPS) is 11.4. The third kappa shape index (κ3) is 5.54. The Balaban J connectivity index is 2.16. The van der Waals surface area contributed by atoms with Gasteiger partial charge < -0.3 is 19.9 Å². The number of ether oxygens (including phenoxy) is 3. The van der Waals surface area contributed by atoms with Crippen LogP contribution in [0.3, 0.4) is 0 Å². The Bertz CT molecular complexity index is 355. The molecule has 0 aliphatic rings. The molecule has 0 unspecified atom stereocenters. The Hall–Kier alpha value is -1.18. The van der Waals surface area contributed by atoms with E-state index in [9.17, 15) is 0 Å². The van der Waals surface area contributed by atoms with Gasteiger partial charge in [-0.2, -0.15) is 0 Å². The Morgan fingerprint density at radius 2 is 1.74 bits per heavy atom. The van der Waals surface area contributed by atoms with E-state index < -0.39 is 0 Å². The summed E-state index contributed by atoms with van der Waals surface area (Å²) in [6.07, 6.45) is 0. The third-order valence-electron chi connectivity index (χ3n) is 2.60. The van der Waals surface area contributed by atoms with Crippen LogP contribution in [0.4, 0.5) is 5.82 Å². The number of hydrogen-bond donors (Lipinski definition) is 1. The van der Waals surface area contributed by atoms with Gasteiger partial charge >= 0.3 is 0 Å². The monoisotopic (exact) mass is 272 g/mol. The molecule has 7 nitrogen and oxygen atoms in total. The summed E-state index contributed by atoms with van der Waals surface area (Å²) >= 11 is 0. The van der Waals surface area contributed by atoms with Crippen molar-refractivity contribution in [3.63, 3.8) is 0 Å². The molecule has 0 aliphatic heterocycles. The molecule has 1 heterocycles. The van der Waals surface area contributed by atoms with Gasteiger partial charge in [-0.15, -0.1) is 5.10 Å². The molecule has 0 aromatic carbocycles. The summed E-state index contributed by atoms with van der Waals surface area (Å²) in [5.41, 5.74) is 6.73. The number of methoxy groups -OCH3 is 1. The maximum atomic E-state index is 5.77. The van der Waals surface area contributed by atoms with Gasteiger partial charge in [0.15, 0.2) is 5.82 Å². The van der Waals surface area contributed by atoms with Crippen LogP contribution in [0.15, 0.2) is 0 Å². The van der Waals surface area contributed by atoms with Crippen LogP contribution in [0.1, 0.15) is 25.5 Å². The van der Waals surface area contributed by atoms with Crippen molar-refractivity contribution in [3.8, 4) is 0 Å². The lowest BCUT2D eigenvalue weighted by Crippen LogP contribution is -2.14. The minimum absolute atomic E-state index is 0.298. The van der Waals surface area contributed by atoms with E-state index in [-0.39, 0.29) is 0 Å². The fourth-order valence-corrected chi connectivity index (χ4v) is 1.71. The van der Waals surface area contributed by atoms with Crippen LogP contribution in [0.5, 0.6) is 0 Å². The fourth-order valence-electron chi connectivity index (χ4n) is 1.71. The van der Waals surface area contributed by atoms with Crippen molar-refractivity contribution < 1.29 is 14.2 Å². The summed E-state index contributed by atoms with van der Waals surface area (Å²) in [5, 5.41) is 7.89. The van der Waals surface area contributed by atoms with Crippen molar-refractivity contribution >= 4 is 5.82 Å². The SMILES string of the molecule is COCCOCCOCCn1nnc(N)c1C(C)C. The molecule has 1 aromatic heterocycles. The minimum Gasteiger partial charge on any atom is -0.382 e. The molecule has 0 atom stereocenters. The van der Waals surface area contributed by atoms with Gasteiger partial charge in [-0.05, 0) is 5.92 Å². The molecule has 19 heavy (non-hydrogen) atoms. The Morgan fingerprint density at radius 3 is 2.37 bits per heavy atom. The first-order valence-electron chi connectivity index (χ1n) is 6.50. The van der Waals surface area contributed by atoms with E-state index in [1.54, 1.807) is 11.8 Å². The van der Waals surface area contributed by atoms with Crippen molar-refractivity contribution in [2.75, 3.05) is 45.9 Å². The molecule has 110 valence electrons. The molecule has 0 saturated heterocycles. The number of anilines is 1.